The van der Waals surface area contributed by atoms with Gasteiger partial charge in [0.05, 0.1) is 13.2 Å². The Kier molecular flexibility index (Phi) is 6.40. The monoisotopic (exact) mass is 271 g/mol. The molecule has 0 bridgehead atoms. The molecule has 0 saturated heterocycles. The molecule has 0 heterocycles. The number of rotatable bonds is 5. The topological polar surface area (TPSA) is 35.2 Å². The minimum Gasteiger partial charge on any atom is -0.377 e. The van der Waals surface area contributed by atoms with Crippen molar-refractivity contribution in [3.8, 4) is 11.8 Å². The third-order valence-electron chi connectivity index (χ3n) is 2.35. The van der Waals surface area contributed by atoms with Crippen LogP contribution in [0.2, 0.25) is 0 Å². The van der Waals surface area contributed by atoms with Gasteiger partial charge in [-0.3, -0.25) is 0 Å². The summed E-state index contributed by atoms with van der Waals surface area (Å²) in [5.41, 5.74) is 6.95. The summed E-state index contributed by atoms with van der Waals surface area (Å²) in [6, 6.07) is 7.34. The highest BCUT2D eigenvalue weighted by Crippen LogP contribution is 2.21. The Hall–Kier alpha value is -1.51. The third kappa shape index (κ3) is 6.85. The highest BCUT2D eigenvalue weighted by atomic mass is 19.4. The molecule has 0 unspecified atom stereocenters. The molecule has 0 radical (unpaired) electrons. The van der Waals surface area contributed by atoms with Crippen LogP contribution in [0.3, 0.4) is 0 Å². The number of alkyl halides is 3. The van der Waals surface area contributed by atoms with Crippen LogP contribution in [-0.2, 0) is 11.3 Å². The Balaban J connectivity index is 2.41. The molecule has 0 spiro atoms. The van der Waals surface area contributed by atoms with Crippen molar-refractivity contribution in [3.63, 3.8) is 0 Å². The van der Waals surface area contributed by atoms with Gasteiger partial charge in [0, 0.05) is 18.6 Å². The van der Waals surface area contributed by atoms with Gasteiger partial charge in [-0.05, 0) is 18.1 Å². The molecule has 2 nitrogen and oxygen atoms in total. The molecule has 0 atom stereocenters. The molecule has 0 fully saturated rings. The number of benzene rings is 1. The highest BCUT2D eigenvalue weighted by molar-refractivity contribution is 5.41. The summed E-state index contributed by atoms with van der Waals surface area (Å²) in [7, 11) is 0. The van der Waals surface area contributed by atoms with E-state index in [0.29, 0.717) is 0 Å². The van der Waals surface area contributed by atoms with E-state index < -0.39 is 12.6 Å². The average molecular weight is 271 g/mol. The van der Waals surface area contributed by atoms with Crippen molar-refractivity contribution in [1.29, 1.82) is 0 Å². The van der Waals surface area contributed by atoms with Gasteiger partial charge in [-0.15, -0.1) is 0 Å². The first-order chi connectivity index (χ1) is 9.03. The van der Waals surface area contributed by atoms with E-state index in [4.69, 9.17) is 10.5 Å². The Morgan fingerprint density at radius 1 is 1.21 bits per heavy atom. The number of hydrogen-bond acceptors (Lipinski definition) is 2. The van der Waals surface area contributed by atoms with Crippen LogP contribution in [0.25, 0.3) is 0 Å². The number of hydrogen-bond donors (Lipinski definition) is 1. The second kappa shape index (κ2) is 7.82. The van der Waals surface area contributed by atoms with Crippen molar-refractivity contribution >= 4 is 0 Å². The van der Waals surface area contributed by atoms with Crippen LogP contribution in [0.1, 0.15) is 24.0 Å². The Bertz CT molecular complexity index is 446. The molecule has 1 aromatic carbocycles. The normalized spacial score (nSPS) is 10.9. The van der Waals surface area contributed by atoms with Crippen LogP contribution in [0.5, 0.6) is 0 Å². The molecule has 0 aromatic heterocycles. The molecule has 0 aliphatic rings. The second-order valence-corrected chi connectivity index (χ2v) is 3.93. The molecule has 19 heavy (non-hydrogen) atoms. The lowest BCUT2D eigenvalue weighted by Gasteiger charge is -2.08. The molecular weight excluding hydrogens is 255 g/mol. The molecule has 104 valence electrons. The minimum absolute atomic E-state index is 0.0276. The van der Waals surface area contributed by atoms with E-state index in [0.717, 1.165) is 11.1 Å². The standard InChI is InChI=1S/C14H16F3NO/c15-14(16,17)8-4-10-19-11-13-6-2-1-5-12(13)7-3-9-18/h1-2,5-6H,4,8-11,18H2. The summed E-state index contributed by atoms with van der Waals surface area (Å²) in [6.45, 7) is 0.603. The molecule has 0 aliphatic heterocycles. The number of nitrogens with two attached hydrogens (primary N) is 1. The summed E-state index contributed by atoms with van der Waals surface area (Å²) in [6.07, 6.45) is -4.96. The Morgan fingerprint density at radius 3 is 2.63 bits per heavy atom. The lowest BCUT2D eigenvalue weighted by molar-refractivity contribution is -0.138. The van der Waals surface area contributed by atoms with Crippen LogP contribution < -0.4 is 5.73 Å². The van der Waals surface area contributed by atoms with Gasteiger partial charge in [-0.2, -0.15) is 13.2 Å². The Labute approximate surface area is 110 Å². The van der Waals surface area contributed by atoms with Crippen LogP contribution in [0.4, 0.5) is 13.2 Å². The van der Waals surface area contributed by atoms with Crippen molar-refractivity contribution in [2.45, 2.75) is 25.6 Å². The van der Waals surface area contributed by atoms with Crippen molar-refractivity contribution in [2.75, 3.05) is 13.2 Å². The molecular formula is C14H16F3NO. The zero-order chi connectivity index (χ0) is 14.1. The summed E-state index contributed by atoms with van der Waals surface area (Å²) in [5.74, 6) is 5.64. The molecule has 0 saturated carbocycles. The SMILES string of the molecule is NCC#Cc1ccccc1COCCCC(F)(F)F. The first kappa shape index (κ1) is 15.5. The van der Waals surface area contributed by atoms with Gasteiger partial charge in [0.1, 0.15) is 0 Å². The van der Waals surface area contributed by atoms with E-state index >= 15 is 0 Å². The smallest absolute Gasteiger partial charge is 0.377 e. The van der Waals surface area contributed by atoms with E-state index in [9.17, 15) is 13.2 Å². The zero-order valence-corrected chi connectivity index (χ0v) is 10.5. The third-order valence-corrected chi connectivity index (χ3v) is 2.35. The average Bonchev–Trinajstić information content (AvgIpc) is 2.36. The maximum absolute atomic E-state index is 11.9. The number of ether oxygens (including phenoxy) is 1. The first-order valence-electron chi connectivity index (χ1n) is 5.94. The number of halogens is 3. The molecule has 0 aliphatic carbocycles. The summed E-state index contributed by atoms with van der Waals surface area (Å²) in [5, 5.41) is 0. The maximum atomic E-state index is 11.9. The molecule has 0 amide bonds. The fourth-order valence-corrected chi connectivity index (χ4v) is 1.47. The predicted molar refractivity (Wildman–Crippen MR) is 67.3 cm³/mol. The van der Waals surface area contributed by atoms with Crippen LogP contribution >= 0.6 is 0 Å². The van der Waals surface area contributed by atoms with E-state index in [1.807, 2.05) is 24.3 Å². The van der Waals surface area contributed by atoms with Gasteiger partial charge >= 0.3 is 6.18 Å². The zero-order valence-electron chi connectivity index (χ0n) is 10.5. The summed E-state index contributed by atoms with van der Waals surface area (Å²) in [4.78, 5) is 0. The lowest BCUT2D eigenvalue weighted by Crippen LogP contribution is -2.09. The van der Waals surface area contributed by atoms with E-state index in [1.165, 1.54) is 0 Å². The van der Waals surface area contributed by atoms with Gasteiger partial charge in [-0.25, -0.2) is 0 Å². The largest absolute Gasteiger partial charge is 0.389 e. The van der Waals surface area contributed by atoms with Gasteiger partial charge in [0.2, 0.25) is 0 Å². The molecule has 1 rings (SSSR count). The minimum atomic E-state index is -4.12. The van der Waals surface area contributed by atoms with E-state index in [2.05, 4.69) is 11.8 Å². The van der Waals surface area contributed by atoms with Crippen LogP contribution in [0.15, 0.2) is 24.3 Å². The van der Waals surface area contributed by atoms with Gasteiger partial charge in [0.15, 0.2) is 0 Å². The lowest BCUT2D eigenvalue weighted by atomic mass is 10.1. The highest BCUT2D eigenvalue weighted by Gasteiger charge is 2.25. The fraction of sp³-hybridized carbons (Fsp3) is 0.429. The fourth-order valence-electron chi connectivity index (χ4n) is 1.47. The van der Waals surface area contributed by atoms with Gasteiger partial charge < -0.3 is 10.5 Å². The quantitative estimate of drug-likeness (QED) is 0.660. The van der Waals surface area contributed by atoms with Gasteiger partial charge in [-0.1, -0.05) is 30.0 Å². The van der Waals surface area contributed by atoms with E-state index in [-0.39, 0.29) is 26.2 Å². The van der Waals surface area contributed by atoms with Crippen molar-refractivity contribution in [3.05, 3.63) is 35.4 Å². The Morgan fingerprint density at radius 2 is 1.95 bits per heavy atom. The maximum Gasteiger partial charge on any atom is 0.389 e. The molecule has 1 aromatic rings. The van der Waals surface area contributed by atoms with Crippen LogP contribution in [0, 0.1) is 11.8 Å². The van der Waals surface area contributed by atoms with Crippen molar-refractivity contribution in [2.24, 2.45) is 5.73 Å². The van der Waals surface area contributed by atoms with E-state index in [1.54, 1.807) is 0 Å². The first-order valence-corrected chi connectivity index (χ1v) is 5.94. The second-order valence-electron chi connectivity index (χ2n) is 3.93. The predicted octanol–water partition coefficient (Wildman–Crippen LogP) is 2.86. The molecule has 5 heteroatoms. The molecule has 2 N–H and O–H groups in total. The summed E-state index contributed by atoms with van der Waals surface area (Å²) < 4.78 is 41.0. The van der Waals surface area contributed by atoms with Crippen LogP contribution in [-0.4, -0.2) is 19.3 Å². The van der Waals surface area contributed by atoms with Gasteiger partial charge in [0.25, 0.3) is 0 Å². The van der Waals surface area contributed by atoms with Crippen molar-refractivity contribution in [1.82, 2.24) is 0 Å². The summed E-state index contributed by atoms with van der Waals surface area (Å²) >= 11 is 0. The van der Waals surface area contributed by atoms with Crippen molar-refractivity contribution < 1.29 is 17.9 Å².